The summed E-state index contributed by atoms with van der Waals surface area (Å²) >= 11 is 0. The fourth-order valence-corrected chi connectivity index (χ4v) is 2.78. The Bertz CT molecular complexity index is 377. The summed E-state index contributed by atoms with van der Waals surface area (Å²) in [7, 11) is 2.21. The molecule has 1 fully saturated rings. The number of H-pyrrole nitrogens is 1. The van der Waals surface area contributed by atoms with E-state index in [4.69, 9.17) is 0 Å². The topological polar surface area (TPSA) is 44.0 Å². The largest absolute Gasteiger partial charge is 0.366 e. The molecule has 2 rings (SSSR count). The average Bonchev–Trinajstić information content (AvgIpc) is 2.71. The fraction of sp³-hybridized carbons (Fsp3) is 0.786. The lowest BCUT2D eigenvalue weighted by molar-refractivity contribution is 0.208. The van der Waals surface area contributed by atoms with Crippen molar-refractivity contribution in [2.24, 2.45) is 5.92 Å². The van der Waals surface area contributed by atoms with Gasteiger partial charge in [0, 0.05) is 17.3 Å². The van der Waals surface area contributed by atoms with Crippen LogP contribution in [0.3, 0.4) is 0 Å². The number of rotatable bonds is 4. The predicted octanol–water partition coefficient (Wildman–Crippen LogP) is 2.42. The molecule has 0 aliphatic carbocycles. The van der Waals surface area contributed by atoms with Crippen molar-refractivity contribution in [2.45, 2.75) is 46.1 Å². The van der Waals surface area contributed by atoms with Gasteiger partial charge in [0.05, 0.1) is 0 Å². The first-order chi connectivity index (χ1) is 8.61. The number of hydrogen-bond donors (Lipinski definition) is 2. The Morgan fingerprint density at radius 2 is 2.11 bits per heavy atom. The summed E-state index contributed by atoms with van der Waals surface area (Å²) in [6, 6.07) is 0.505. The third kappa shape index (κ3) is 2.86. The van der Waals surface area contributed by atoms with Crippen LogP contribution in [-0.2, 0) is 6.42 Å². The van der Waals surface area contributed by atoms with E-state index in [1.54, 1.807) is 0 Å². The van der Waals surface area contributed by atoms with Crippen molar-refractivity contribution < 1.29 is 0 Å². The molecular formula is C14H26N4. The van der Waals surface area contributed by atoms with E-state index in [-0.39, 0.29) is 0 Å². The lowest BCUT2D eigenvalue weighted by atomic mass is 9.90. The van der Waals surface area contributed by atoms with Crippen molar-refractivity contribution in [3.05, 3.63) is 11.3 Å². The molecule has 0 spiro atoms. The maximum Gasteiger partial charge on any atom is 0.151 e. The van der Waals surface area contributed by atoms with Crippen molar-refractivity contribution >= 4 is 5.82 Å². The molecule has 4 heteroatoms. The predicted molar refractivity (Wildman–Crippen MR) is 76.0 cm³/mol. The molecule has 18 heavy (non-hydrogen) atoms. The molecule has 0 saturated carbocycles. The van der Waals surface area contributed by atoms with E-state index in [1.807, 2.05) is 0 Å². The first-order valence-corrected chi connectivity index (χ1v) is 7.10. The van der Waals surface area contributed by atoms with E-state index in [0.29, 0.717) is 6.04 Å². The molecule has 102 valence electrons. The molecule has 2 heterocycles. The van der Waals surface area contributed by atoms with Gasteiger partial charge in [-0.2, -0.15) is 5.10 Å². The third-order valence-corrected chi connectivity index (χ3v) is 4.30. The average molecular weight is 250 g/mol. The van der Waals surface area contributed by atoms with Crippen LogP contribution in [0.1, 0.15) is 37.9 Å². The molecular weight excluding hydrogens is 224 g/mol. The van der Waals surface area contributed by atoms with E-state index < -0.39 is 0 Å². The van der Waals surface area contributed by atoms with Crippen LogP contribution < -0.4 is 5.32 Å². The Morgan fingerprint density at radius 1 is 1.44 bits per heavy atom. The highest BCUT2D eigenvalue weighted by molar-refractivity contribution is 5.46. The van der Waals surface area contributed by atoms with Crippen LogP contribution in [0.4, 0.5) is 5.82 Å². The van der Waals surface area contributed by atoms with Gasteiger partial charge < -0.3 is 10.2 Å². The SMILES string of the molecule is CCc1[nH]nc(N[C@@H](C)C2CCN(C)CC2)c1C. The number of nitrogens with one attached hydrogen (secondary N) is 2. The number of aromatic amines is 1. The molecule has 0 amide bonds. The number of anilines is 1. The van der Waals surface area contributed by atoms with Crippen molar-refractivity contribution in [1.82, 2.24) is 15.1 Å². The van der Waals surface area contributed by atoms with Crippen LogP contribution in [-0.4, -0.2) is 41.3 Å². The highest BCUT2D eigenvalue weighted by atomic mass is 15.2. The number of hydrogen-bond acceptors (Lipinski definition) is 3. The summed E-state index contributed by atoms with van der Waals surface area (Å²) in [5.74, 6) is 1.81. The molecule has 1 atom stereocenters. The van der Waals surface area contributed by atoms with Crippen molar-refractivity contribution in [1.29, 1.82) is 0 Å². The summed E-state index contributed by atoms with van der Waals surface area (Å²) in [6.45, 7) is 9.03. The Labute approximate surface area is 110 Å². The van der Waals surface area contributed by atoms with Crippen molar-refractivity contribution in [2.75, 3.05) is 25.5 Å². The van der Waals surface area contributed by atoms with E-state index in [0.717, 1.165) is 18.2 Å². The van der Waals surface area contributed by atoms with E-state index in [1.165, 1.54) is 37.2 Å². The minimum Gasteiger partial charge on any atom is -0.366 e. The van der Waals surface area contributed by atoms with Gasteiger partial charge in [0.2, 0.25) is 0 Å². The summed E-state index contributed by atoms with van der Waals surface area (Å²) < 4.78 is 0. The maximum atomic E-state index is 4.39. The number of piperidine rings is 1. The smallest absolute Gasteiger partial charge is 0.151 e. The molecule has 1 aromatic rings. The summed E-state index contributed by atoms with van der Waals surface area (Å²) in [6.07, 6.45) is 3.59. The Kier molecular flexibility index (Phi) is 4.27. The van der Waals surface area contributed by atoms with Gasteiger partial charge in [0.15, 0.2) is 5.82 Å². The molecule has 1 aliphatic rings. The van der Waals surface area contributed by atoms with Crippen LogP contribution in [0.25, 0.3) is 0 Å². The first kappa shape index (κ1) is 13.4. The minimum atomic E-state index is 0.505. The van der Waals surface area contributed by atoms with Gasteiger partial charge >= 0.3 is 0 Å². The molecule has 2 N–H and O–H groups in total. The van der Waals surface area contributed by atoms with Crippen LogP contribution >= 0.6 is 0 Å². The second-order valence-corrected chi connectivity index (χ2v) is 5.60. The van der Waals surface area contributed by atoms with Gasteiger partial charge in [-0.05, 0) is 59.2 Å². The van der Waals surface area contributed by atoms with E-state index >= 15 is 0 Å². The van der Waals surface area contributed by atoms with Gasteiger partial charge in [0.25, 0.3) is 0 Å². The molecule has 4 nitrogen and oxygen atoms in total. The summed E-state index contributed by atoms with van der Waals surface area (Å²) in [5, 5.41) is 11.1. The second-order valence-electron chi connectivity index (χ2n) is 5.60. The minimum absolute atomic E-state index is 0.505. The van der Waals surface area contributed by atoms with Crippen molar-refractivity contribution in [3.63, 3.8) is 0 Å². The molecule has 0 bridgehead atoms. The van der Waals surface area contributed by atoms with Crippen LogP contribution in [0.5, 0.6) is 0 Å². The molecule has 0 aromatic carbocycles. The molecule has 1 aromatic heterocycles. The summed E-state index contributed by atoms with van der Waals surface area (Å²) in [5.41, 5.74) is 2.52. The van der Waals surface area contributed by atoms with Gasteiger partial charge in [0.1, 0.15) is 0 Å². The van der Waals surface area contributed by atoms with Crippen LogP contribution in [0.15, 0.2) is 0 Å². The maximum absolute atomic E-state index is 4.39. The molecule has 0 unspecified atom stereocenters. The van der Waals surface area contributed by atoms with Crippen molar-refractivity contribution in [3.8, 4) is 0 Å². The van der Waals surface area contributed by atoms with Crippen LogP contribution in [0.2, 0.25) is 0 Å². The Hall–Kier alpha value is -1.03. The standard InChI is InChI=1S/C14H26N4/c1-5-13-10(2)14(17-16-13)15-11(3)12-6-8-18(4)9-7-12/h11-12H,5-9H2,1-4H3,(H2,15,16,17)/t11-/m0/s1. The number of aromatic nitrogens is 2. The zero-order chi connectivity index (χ0) is 13.1. The van der Waals surface area contributed by atoms with Gasteiger partial charge in [-0.3, -0.25) is 5.10 Å². The van der Waals surface area contributed by atoms with Gasteiger partial charge in [-0.15, -0.1) is 0 Å². The van der Waals surface area contributed by atoms with E-state index in [2.05, 4.69) is 48.2 Å². The third-order valence-electron chi connectivity index (χ3n) is 4.30. The molecule has 1 aliphatic heterocycles. The number of nitrogens with zero attached hydrogens (tertiary/aromatic N) is 2. The van der Waals surface area contributed by atoms with Crippen LogP contribution in [0, 0.1) is 12.8 Å². The molecule has 0 radical (unpaired) electrons. The fourth-order valence-electron chi connectivity index (χ4n) is 2.78. The zero-order valence-corrected chi connectivity index (χ0v) is 12.1. The quantitative estimate of drug-likeness (QED) is 0.862. The lowest BCUT2D eigenvalue weighted by Gasteiger charge is -2.33. The first-order valence-electron chi connectivity index (χ1n) is 7.10. The van der Waals surface area contributed by atoms with Gasteiger partial charge in [-0.1, -0.05) is 6.92 Å². The Balaban J connectivity index is 1.94. The normalized spacial score (nSPS) is 20.0. The number of likely N-dealkylation sites (tertiary alicyclic amines) is 1. The second kappa shape index (κ2) is 5.74. The zero-order valence-electron chi connectivity index (χ0n) is 12.1. The van der Waals surface area contributed by atoms with Gasteiger partial charge in [-0.25, -0.2) is 0 Å². The molecule has 1 saturated heterocycles. The summed E-state index contributed by atoms with van der Waals surface area (Å²) in [4.78, 5) is 2.41. The Morgan fingerprint density at radius 3 is 2.67 bits per heavy atom. The lowest BCUT2D eigenvalue weighted by Crippen LogP contribution is -2.37. The van der Waals surface area contributed by atoms with E-state index in [9.17, 15) is 0 Å². The number of aryl methyl sites for hydroxylation is 1. The highest BCUT2D eigenvalue weighted by Crippen LogP contribution is 2.24. The highest BCUT2D eigenvalue weighted by Gasteiger charge is 2.23. The monoisotopic (exact) mass is 250 g/mol.